The minimum absolute atomic E-state index is 0.0682. The SMILES string of the molecule is CC(C)(C)OC(=O)N1CCC(c2cccc3c2CC(=O)N3)CC1. The van der Waals surface area contributed by atoms with E-state index in [0.717, 1.165) is 24.1 Å². The summed E-state index contributed by atoms with van der Waals surface area (Å²) in [5.41, 5.74) is 2.88. The molecule has 2 aliphatic heterocycles. The normalized spacial score (nSPS) is 18.6. The van der Waals surface area contributed by atoms with E-state index in [0.29, 0.717) is 25.4 Å². The van der Waals surface area contributed by atoms with Gasteiger partial charge in [-0.1, -0.05) is 12.1 Å². The third kappa shape index (κ3) is 3.49. The first-order valence-corrected chi connectivity index (χ1v) is 8.23. The van der Waals surface area contributed by atoms with Crippen LogP contribution in [0.5, 0.6) is 0 Å². The van der Waals surface area contributed by atoms with Crippen molar-refractivity contribution in [3.63, 3.8) is 0 Å². The van der Waals surface area contributed by atoms with E-state index in [1.807, 2.05) is 32.9 Å². The lowest BCUT2D eigenvalue weighted by atomic mass is 9.86. The molecule has 0 aliphatic carbocycles. The first-order valence-electron chi connectivity index (χ1n) is 8.23. The fourth-order valence-corrected chi connectivity index (χ4v) is 3.36. The number of carbonyl (C=O) groups excluding carboxylic acids is 2. The molecule has 0 spiro atoms. The smallest absolute Gasteiger partial charge is 0.410 e. The first-order chi connectivity index (χ1) is 10.8. The summed E-state index contributed by atoms with van der Waals surface area (Å²) in [5, 5.41) is 2.91. The Morgan fingerprint density at radius 1 is 1.26 bits per heavy atom. The summed E-state index contributed by atoms with van der Waals surface area (Å²) in [4.78, 5) is 25.6. The van der Waals surface area contributed by atoms with Gasteiger partial charge in [0, 0.05) is 18.8 Å². The molecule has 1 aromatic rings. The van der Waals surface area contributed by atoms with Crippen LogP contribution in [0.25, 0.3) is 0 Å². The summed E-state index contributed by atoms with van der Waals surface area (Å²) >= 11 is 0. The molecule has 0 atom stereocenters. The molecule has 0 unspecified atom stereocenters. The van der Waals surface area contributed by atoms with Crippen molar-refractivity contribution in [1.82, 2.24) is 4.90 Å². The monoisotopic (exact) mass is 316 g/mol. The quantitative estimate of drug-likeness (QED) is 0.865. The van der Waals surface area contributed by atoms with Crippen LogP contribution in [0.3, 0.4) is 0 Å². The molecule has 0 saturated carbocycles. The van der Waals surface area contributed by atoms with E-state index in [9.17, 15) is 9.59 Å². The van der Waals surface area contributed by atoms with E-state index in [4.69, 9.17) is 4.74 Å². The number of anilines is 1. The Morgan fingerprint density at radius 2 is 1.96 bits per heavy atom. The van der Waals surface area contributed by atoms with Gasteiger partial charge in [0.2, 0.25) is 5.91 Å². The summed E-state index contributed by atoms with van der Waals surface area (Å²) in [6, 6.07) is 6.08. The van der Waals surface area contributed by atoms with E-state index < -0.39 is 5.60 Å². The van der Waals surface area contributed by atoms with Crippen molar-refractivity contribution in [3.05, 3.63) is 29.3 Å². The zero-order chi connectivity index (χ0) is 16.6. The van der Waals surface area contributed by atoms with Gasteiger partial charge < -0.3 is 15.0 Å². The molecule has 1 N–H and O–H groups in total. The number of likely N-dealkylation sites (tertiary alicyclic amines) is 1. The number of carbonyl (C=O) groups is 2. The average molecular weight is 316 g/mol. The lowest BCUT2D eigenvalue weighted by molar-refractivity contribution is -0.115. The van der Waals surface area contributed by atoms with Crippen LogP contribution in [0.2, 0.25) is 0 Å². The number of amides is 2. The summed E-state index contributed by atoms with van der Waals surface area (Å²) in [6.45, 7) is 7.05. The molecular weight excluding hydrogens is 292 g/mol. The fraction of sp³-hybridized carbons (Fsp3) is 0.556. The van der Waals surface area contributed by atoms with Gasteiger partial charge in [-0.25, -0.2) is 4.79 Å². The van der Waals surface area contributed by atoms with Crippen LogP contribution in [0.1, 0.15) is 50.7 Å². The minimum atomic E-state index is -0.458. The molecule has 1 aromatic carbocycles. The Morgan fingerprint density at radius 3 is 2.61 bits per heavy atom. The van der Waals surface area contributed by atoms with Crippen molar-refractivity contribution in [3.8, 4) is 0 Å². The number of ether oxygens (including phenoxy) is 1. The lowest BCUT2D eigenvalue weighted by Crippen LogP contribution is -2.41. The number of piperidine rings is 1. The highest BCUT2D eigenvalue weighted by Crippen LogP contribution is 2.36. The number of rotatable bonds is 1. The van der Waals surface area contributed by atoms with Crippen LogP contribution in [0.15, 0.2) is 18.2 Å². The maximum absolute atomic E-state index is 12.1. The summed E-state index contributed by atoms with van der Waals surface area (Å²) in [5.74, 6) is 0.468. The second-order valence-corrected chi connectivity index (χ2v) is 7.34. The van der Waals surface area contributed by atoms with Crippen LogP contribution in [0, 0.1) is 0 Å². The van der Waals surface area contributed by atoms with Crippen LogP contribution < -0.4 is 5.32 Å². The van der Waals surface area contributed by atoms with Gasteiger partial charge in [-0.3, -0.25) is 4.79 Å². The third-order valence-electron chi connectivity index (χ3n) is 4.41. The molecule has 5 nitrogen and oxygen atoms in total. The molecule has 124 valence electrons. The van der Waals surface area contributed by atoms with Gasteiger partial charge in [0.25, 0.3) is 0 Å². The van der Waals surface area contributed by atoms with Crippen LogP contribution in [0.4, 0.5) is 10.5 Å². The maximum Gasteiger partial charge on any atom is 0.410 e. The van der Waals surface area contributed by atoms with Crippen LogP contribution >= 0.6 is 0 Å². The molecule has 1 fully saturated rings. The highest BCUT2D eigenvalue weighted by Gasteiger charge is 2.30. The topological polar surface area (TPSA) is 58.6 Å². The molecule has 3 rings (SSSR count). The lowest BCUT2D eigenvalue weighted by Gasteiger charge is -2.34. The fourth-order valence-electron chi connectivity index (χ4n) is 3.36. The van der Waals surface area contributed by atoms with Gasteiger partial charge in [-0.2, -0.15) is 0 Å². The Labute approximate surface area is 137 Å². The molecule has 2 aliphatic rings. The average Bonchev–Trinajstić information content (AvgIpc) is 2.85. The minimum Gasteiger partial charge on any atom is -0.444 e. The molecule has 0 bridgehead atoms. The van der Waals surface area contributed by atoms with Crippen LogP contribution in [-0.2, 0) is 16.0 Å². The van der Waals surface area contributed by atoms with E-state index in [-0.39, 0.29) is 12.0 Å². The Bertz CT molecular complexity index is 626. The molecular formula is C18H24N2O3. The third-order valence-corrected chi connectivity index (χ3v) is 4.41. The molecule has 5 heteroatoms. The predicted molar refractivity (Wildman–Crippen MR) is 88.6 cm³/mol. The zero-order valence-electron chi connectivity index (χ0n) is 14.0. The Kier molecular flexibility index (Phi) is 4.04. The van der Waals surface area contributed by atoms with E-state index in [2.05, 4.69) is 11.4 Å². The highest BCUT2D eigenvalue weighted by molar-refractivity contribution is 5.99. The second-order valence-electron chi connectivity index (χ2n) is 7.34. The van der Waals surface area contributed by atoms with Crippen molar-refractivity contribution in [2.24, 2.45) is 0 Å². The highest BCUT2D eigenvalue weighted by atomic mass is 16.6. The molecule has 2 heterocycles. The molecule has 1 saturated heterocycles. The predicted octanol–water partition coefficient (Wildman–Crippen LogP) is 3.30. The summed E-state index contributed by atoms with van der Waals surface area (Å²) in [6.07, 6.45) is 2.05. The number of benzene rings is 1. The van der Waals surface area contributed by atoms with Gasteiger partial charge >= 0.3 is 6.09 Å². The number of hydrogen-bond acceptors (Lipinski definition) is 3. The summed E-state index contributed by atoms with van der Waals surface area (Å²) in [7, 11) is 0. The molecule has 0 aromatic heterocycles. The van der Waals surface area contributed by atoms with Gasteiger partial charge in [0.15, 0.2) is 0 Å². The van der Waals surface area contributed by atoms with Gasteiger partial charge in [0.05, 0.1) is 6.42 Å². The Balaban J connectivity index is 1.65. The molecule has 23 heavy (non-hydrogen) atoms. The number of fused-ring (bicyclic) bond motifs is 1. The van der Waals surface area contributed by atoms with Gasteiger partial charge in [-0.15, -0.1) is 0 Å². The Hall–Kier alpha value is -2.04. The van der Waals surface area contributed by atoms with E-state index in [1.54, 1.807) is 4.90 Å². The van der Waals surface area contributed by atoms with Crippen molar-refractivity contribution in [2.75, 3.05) is 18.4 Å². The molecule has 2 amide bonds. The van der Waals surface area contributed by atoms with E-state index in [1.165, 1.54) is 5.56 Å². The van der Waals surface area contributed by atoms with Crippen molar-refractivity contribution >= 4 is 17.7 Å². The number of nitrogens with zero attached hydrogens (tertiary/aromatic N) is 1. The second kappa shape index (κ2) is 5.87. The van der Waals surface area contributed by atoms with Gasteiger partial charge in [0.1, 0.15) is 5.60 Å². The molecule has 0 radical (unpaired) electrons. The first kappa shape index (κ1) is 15.8. The number of nitrogens with one attached hydrogen (secondary N) is 1. The van der Waals surface area contributed by atoms with Crippen molar-refractivity contribution < 1.29 is 14.3 Å². The van der Waals surface area contributed by atoms with Crippen molar-refractivity contribution in [1.29, 1.82) is 0 Å². The van der Waals surface area contributed by atoms with Crippen molar-refractivity contribution in [2.45, 2.75) is 51.6 Å². The largest absolute Gasteiger partial charge is 0.444 e. The summed E-state index contributed by atoms with van der Waals surface area (Å²) < 4.78 is 5.44. The zero-order valence-corrected chi connectivity index (χ0v) is 14.0. The van der Waals surface area contributed by atoms with E-state index >= 15 is 0 Å². The van der Waals surface area contributed by atoms with Crippen LogP contribution in [-0.4, -0.2) is 35.6 Å². The maximum atomic E-state index is 12.1. The standard InChI is InChI=1S/C18H24N2O3/c1-18(2,3)23-17(22)20-9-7-12(8-10-20)13-5-4-6-15-14(13)11-16(21)19-15/h4-6,12H,7-11H2,1-3H3,(H,19,21). The van der Waals surface area contributed by atoms with Gasteiger partial charge in [-0.05, 0) is 56.7 Å². The number of hydrogen-bond donors (Lipinski definition) is 1.